The Hall–Kier alpha value is -2.00. The highest BCUT2D eigenvalue weighted by molar-refractivity contribution is 5.43. The van der Waals surface area contributed by atoms with Crippen LogP contribution in [0, 0.1) is 5.92 Å². The van der Waals surface area contributed by atoms with E-state index in [2.05, 4.69) is 37.4 Å². The Morgan fingerprint density at radius 1 is 0.957 bits per heavy atom. The van der Waals surface area contributed by atoms with Gasteiger partial charge < -0.3 is 14.8 Å². The van der Waals surface area contributed by atoms with Crippen LogP contribution in [0.2, 0.25) is 0 Å². The summed E-state index contributed by atoms with van der Waals surface area (Å²) in [5.41, 5.74) is 2.35. The van der Waals surface area contributed by atoms with Crippen LogP contribution in [0.15, 0.2) is 48.5 Å². The van der Waals surface area contributed by atoms with E-state index >= 15 is 0 Å². The zero-order chi connectivity index (χ0) is 16.5. The molecule has 0 fully saturated rings. The molecule has 2 rings (SSSR count). The maximum atomic E-state index is 5.88. The third kappa shape index (κ3) is 5.95. The van der Waals surface area contributed by atoms with Gasteiger partial charge in [-0.05, 0) is 42.1 Å². The molecule has 23 heavy (non-hydrogen) atoms. The molecule has 0 spiro atoms. The van der Waals surface area contributed by atoms with Crippen LogP contribution in [0.4, 0.5) is 0 Å². The molecule has 0 unspecified atom stereocenters. The van der Waals surface area contributed by atoms with Crippen LogP contribution in [0.25, 0.3) is 0 Å². The van der Waals surface area contributed by atoms with Crippen molar-refractivity contribution in [3.05, 3.63) is 59.7 Å². The summed E-state index contributed by atoms with van der Waals surface area (Å²) in [5, 5.41) is 3.47. The van der Waals surface area contributed by atoms with E-state index in [1.165, 1.54) is 12.0 Å². The van der Waals surface area contributed by atoms with E-state index in [-0.39, 0.29) is 0 Å². The Labute approximate surface area is 139 Å². The summed E-state index contributed by atoms with van der Waals surface area (Å²) < 4.78 is 11.3. The van der Waals surface area contributed by atoms with Crippen molar-refractivity contribution in [2.24, 2.45) is 5.92 Å². The molecular formula is C20H27NO2. The first-order valence-corrected chi connectivity index (χ1v) is 8.23. The van der Waals surface area contributed by atoms with Crippen LogP contribution >= 0.6 is 0 Å². The second kappa shape index (κ2) is 9.21. The van der Waals surface area contributed by atoms with Gasteiger partial charge in [0.25, 0.3) is 0 Å². The summed E-state index contributed by atoms with van der Waals surface area (Å²) in [6.45, 7) is 6.91. The minimum Gasteiger partial charge on any atom is -0.493 e. The van der Waals surface area contributed by atoms with Crippen molar-refractivity contribution >= 4 is 0 Å². The molecule has 3 heteroatoms. The fourth-order valence-electron chi connectivity index (χ4n) is 2.30. The van der Waals surface area contributed by atoms with E-state index in [9.17, 15) is 0 Å². The standard InChI is InChI=1S/C20H27NO2/c1-16(2)11-12-21-14-18-9-10-19(20(13-18)22-3)23-15-17-7-5-4-6-8-17/h4-10,13,16,21H,11-12,14-15H2,1-3H3. The average Bonchev–Trinajstić information content (AvgIpc) is 2.58. The Bertz CT molecular complexity index is 581. The summed E-state index contributed by atoms with van der Waals surface area (Å²) >= 11 is 0. The van der Waals surface area contributed by atoms with E-state index in [4.69, 9.17) is 9.47 Å². The van der Waals surface area contributed by atoms with Crippen molar-refractivity contribution in [3.63, 3.8) is 0 Å². The number of methoxy groups -OCH3 is 1. The monoisotopic (exact) mass is 313 g/mol. The van der Waals surface area contributed by atoms with Crippen molar-refractivity contribution in [2.45, 2.75) is 33.4 Å². The third-order valence-electron chi connectivity index (χ3n) is 3.69. The van der Waals surface area contributed by atoms with Crippen molar-refractivity contribution in [3.8, 4) is 11.5 Å². The molecule has 0 bridgehead atoms. The van der Waals surface area contributed by atoms with Crippen molar-refractivity contribution < 1.29 is 9.47 Å². The van der Waals surface area contributed by atoms with Crippen molar-refractivity contribution in [2.75, 3.05) is 13.7 Å². The zero-order valence-corrected chi connectivity index (χ0v) is 14.3. The van der Waals surface area contributed by atoms with Gasteiger partial charge in [0.15, 0.2) is 11.5 Å². The summed E-state index contributed by atoms with van der Waals surface area (Å²) in [6, 6.07) is 16.3. The zero-order valence-electron chi connectivity index (χ0n) is 14.3. The molecule has 0 saturated carbocycles. The number of nitrogens with one attached hydrogen (secondary N) is 1. The lowest BCUT2D eigenvalue weighted by atomic mass is 10.1. The molecule has 1 N–H and O–H groups in total. The molecule has 0 amide bonds. The van der Waals surface area contributed by atoms with Gasteiger partial charge in [0, 0.05) is 6.54 Å². The fourth-order valence-corrected chi connectivity index (χ4v) is 2.30. The quantitative estimate of drug-likeness (QED) is 0.696. The minimum atomic E-state index is 0.545. The minimum absolute atomic E-state index is 0.545. The van der Waals surface area contributed by atoms with E-state index in [1.807, 2.05) is 30.3 Å². The first kappa shape index (κ1) is 17.4. The highest BCUT2D eigenvalue weighted by Crippen LogP contribution is 2.28. The number of hydrogen-bond donors (Lipinski definition) is 1. The Balaban J connectivity index is 1.91. The van der Waals surface area contributed by atoms with E-state index in [1.54, 1.807) is 7.11 Å². The molecule has 3 nitrogen and oxygen atoms in total. The van der Waals surface area contributed by atoms with E-state index in [0.717, 1.165) is 36.1 Å². The predicted octanol–water partition coefficient (Wildman–Crippen LogP) is 4.41. The van der Waals surface area contributed by atoms with E-state index in [0.29, 0.717) is 6.61 Å². The van der Waals surface area contributed by atoms with Gasteiger partial charge in [-0.2, -0.15) is 0 Å². The van der Waals surface area contributed by atoms with Crippen LogP contribution in [0.5, 0.6) is 11.5 Å². The highest BCUT2D eigenvalue weighted by Gasteiger charge is 2.06. The SMILES string of the molecule is COc1cc(CNCCC(C)C)ccc1OCc1ccccc1. The van der Waals surface area contributed by atoms with E-state index < -0.39 is 0 Å². The van der Waals surface area contributed by atoms with Crippen LogP contribution in [0.1, 0.15) is 31.4 Å². The predicted molar refractivity (Wildman–Crippen MR) is 94.9 cm³/mol. The molecule has 0 radical (unpaired) electrons. The van der Waals surface area contributed by atoms with Gasteiger partial charge in [-0.1, -0.05) is 50.2 Å². The average molecular weight is 313 g/mol. The summed E-state index contributed by atoms with van der Waals surface area (Å²) in [7, 11) is 1.68. The third-order valence-corrected chi connectivity index (χ3v) is 3.69. The molecule has 0 atom stereocenters. The van der Waals surface area contributed by atoms with Gasteiger partial charge in [0.2, 0.25) is 0 Å². The normalized spacial score (nSPS) is 10.8. The molecule has 2 aromatic carbocycles. The molecule has 0 aromatic heterocycles. The molecule has 2 aromatic rings. The Morgan fingerprint density at radius 2 is 1.74 bits per heavy atom. The highest BCUT2D eigenvalue weighted by atomic mass is 16.5. The smallest absolute Gasteiger partial charge is 0.161 e. The maximum Gasteiger partial charge on any atom is 0.161 e. The van der Waals surface area contributed by atoms with Crippen LogP contribution in [0.3, 0.4) is 0 Å². The molecule has 0 heterocycles. The molecule has 124 valence electrons. The lowest BCUT2D eigenvalue weighted by Gasteiger charge is -2.13. The Morgan fingerprint density at radius 3 is 2.43 bits per heavy atom. The molecule has 0 aliphatic heterocycles. The number of benzene rings is 2. The topological polar surface area (TPSA) is 30.5 Å². The van der Waals surface area contributed by atoms with Crippen molar-refractivity contribution in [1.82, 2.24) is 5.32 Å². The van der Waals surface area contributed by atoms with Gasteiger partial charge in [-0.15, -0.1) is 0 Å². The maximum absolute atomic E-state index is 5.88. The van der Waals surface area contributed by atoms with Gasteiger partial charge >= 0.3 is 0 Å². The molecule has 0 aliphatic carbocycles. The second-order valence-electron chi connectivity index (χ2n) is 6.12. The number of ether oxygens (including phenoxy) is 2. The van der Waals surface area contributed by atoms with Gasteiger partial charge in [0.1, 0.15) is 6.61 Å². The first-order chi connectivity index (χ1) is 11.2. The van der Waals surface area contributed by atoms with Gasteiger partial charge in [-0.25, -0.2) is 0 Å². The molecule has 0 saturated heterocycles. The summed E-state index contributed by atoms with van der Waals surface area (Å²) in [6.07, 6.45) is 1.19. The lowest BCUT2D eigenvalue weighted by molar-refractivity contribution is 0.284. The lowest BCUT2D eigenvalue weighted by Crippen LogP contribution is -2.16. The summed E-state index contributed by atoms with van der Waals surface area (Å²) in [5.74, 6) is 2.29. The van der Waals surface area contributed by atoms with Crippen LogP contribution in [-0.2, 0) is 13.2 Å². The second-order valence-corrected chi connectivity index (χ2v) is 6.12. The first-order valence-electron chi connectivity index (χ1n) is 8.23. The van der Waals surface area contributed by atoms with Crippen molar-refractivity contribution in [1.29, 1.82) is 0 Å². The summed E-state index contributed by atoms with van der Waals surface area (Å²) in [4.78, 5) is 0. The largest absolute Gasteiger partial charge is 0.493 e. The van der Waals surface area contributed by atoms with Crippen LogP contribution in [-0.4, -0.2) is 13.7 Å². The van der Waals surface area contributed by atoms with Crippen LogP contribution < -0.4 is 14.8 Å². The van der Waals surface area contributed by atoms with Gasteiger partial charge in [0.05, 0.1) is 7.11 Å². The number of hydrogen-bond acceptors (Lipinski definition) is 3. The number of rotatable bonds is 9. The fraction of sp³-hybridized carbons (Fsp3) is 0.400. The Kier molecular flexibility index (Phi) is 6.95. The molecular weight excluding hydrogens is 286 g/mol. The molecule has 0 aliphatic rings. The van der Waals surface area contributed by atoms with Gasteiger partial charge in [-0.3, -0.25) is 0 Å².